The van der Waals surface area contributed by atoms with Gasteiger partial charge in [0.25, 0.3) is 5.91 Å². The van der Waals surface area contributed by atoms with Crippen molar-refractivity contribution in [1.82, 2.24) is 10.6 Å². The van der Waals surface area contributed by atoms with Crippen LogP contribution < -0.4 is 10.6 Å². The van der Waals surface area contributed by atoms with Crippen molar-refractivity contribution < 1.29 is 13.2 Å². The molecule has 1 amide bonds. The van der Waals surface area contributed by atoms with Crippen molar-refractivity contribution in [3.8, 4) is 0 Å². The summed E-state index contributed by atoms with van der Waals surface area (Å²) in [5.41, 5.74) is 1.51. The third-order valence-corrected chi connectivity index (χ3v) is 5.06. The minimum Gasteiger partial charge on any atom is -0.359 e. The lowest BCUT2D eigenvalue weighted by molar-refractivity contribution is 0.0976. The van der Waals surface area contributed by atoms with Gasteiger partial charge in [0.05, 0.1) is 11.5 Å². The van der Waals surface area contributed by atoms with Gasteiger partial charge in [0.1, 0.15) is 0 Å². The Morgan fingerprint density at radius 3 is 2.75 bits per heavy atom. The second-order valence-electron chi connectivity index (χ2n) is 4.90. The van der Waals surface area contributed by atoms with E-state index in [-0.39, 0.29) is 28.6 Å². The van der Waals surface area contributed by atoms with Crippen molar-refractivity contribution in [2.75, 3.05) is 11.5 Å². The summed E-state index contributed by atoms with van der Waals surface area (Å²) in [7, 11) is -2.96. The van der Waals surface area contributed by atoms with E-state index in [0.717, 1.165) is 5.56 Å². The first kappa shape index (κ1) is 14.9. The van der Waals surface area contributed by atoms with E-state index in [1.54, 1.807) is 18.2 Å². The van der Waals surface area contributed by atoms with Crippen molar-refractivity contribution in [3.63, 3.8) is 0 Å². The molecule has 1 aliphatic heterocycles. The van der Waals surface area contributed by atoms with Crippen LogP contribution in [0.25, 0.3) is 0 Å². The predicted molar refractivity (Wildman–Crippen MR) is 81.4 cm³/mol. The van der Waals surface area contributed by atoms with Crippen LogP contribution in [0.4, 0.5) is 0 Å². The number of hydrogen-bond donors (Lipinski definition) is 2. The number of sulfone groups is 1. The molecular formula is C13H16N2O3S2. The molecule has 0 spiro atoms. The first-order chi connectivity index (χ1) is 9.35. The standard InChI is InChI=1S/C13H16N2O3S2/c1-9-3-2-4-10(7-9)12(16)15-13(19)14-11-5-6-20(17,18)8-11/h2-4,7,11H,5-6,8H2,1H3,(H2,14,15,16,19). The Morgan fingerprint density at radius 2 is 2.15 bits per heavy atom. The van der Waals surface area contributed by atoms with Gasteiger partial charge >= 0.3 is 0 Å². The van der Waals surface area contributed by atoms with Gasteiger partial charge in [0.15, 0.2) is 14.9 Å². The first-order valence-electron chi connectivity index (χ1n) is 6.25. The van der Waals surface area contributed by atoms with Crippen LogP contribution in [0.1, 0.15) is 22.3 Å². The largest absolute Gasteiger partial charge is 0.359 e. The Bertz CT molecular complexity index is 641. The van der Waals surface area contributed by atoms with E-state index in [0.29, 0.717) is 12.0 Å². The lowest BCUT2D eigenvalue weighted by Gasteiger charge is -2.14. The Labute approximate surface area is 123 Å². The van der Waals surface area contributed by atoms with Crippen LogP contribution in [0.3, 0.4) is 0 Å². The summed E-state index contributed by atoms with van der Waals surface area (Å²) in [6, 6.07) is 6.94. The maximum Gasteiger partial charge on any atom is 0.257 e. The van der Waals surface area contributed by atoms with Crippen molar-refractivity contribution in [1.29, 1.82) is 0 Å². The smallest absolute Gasteiger partial charge is 0.257 e. The maximum atomic E-state index is 12.0. The highest BCUT2D eigenvalue weighted by Gasteiger charge is 2.28. The zero-order valence-electron chi connectivity index (χ0n) is 11.0. The molecule has 1 aromatic rings. The second-order valence-corrected chi connectivity index (χ2v) is 7.53. The van der Waals surface area contributed by atoms with Gasteiger partial charge in [-0.1, -0.05) is 17.7 Å². The van der Waals surface area contributed by atoms with Crippen LogP contribution in [0.15, 0.2) is 24.3 Å². The van der Waals surface area contributed by atoms with Crippen molar-refractivity contribution in [2.45, 2.75) is 19.4 Å². The minimum absolute atomic E-state index is 0.0630. The molecule has 2 N–H and O–H groups in total. The SMILES string of the molecule is Cc1cccc(C(=O)NC(=S)NC2CCS(=O)(=O)C2)c1. The lowest BCUT2D eigenvalue weighted by atomic mass is 10.1. The number of rotatable bonds is 2. The maximum absolute atomic E-state index is 12.0. The van der Waals surface area contributed by atoms with Crippen LogP contribution >= 0.6 is 12.2 Å². The second kappa shape index (κ2) is 5.88. The van der Waals surface area contributed by atoms with Crippen LogP contribution in [0, 0.1) is 6.92 Å². The fourth-order valence-corrected chi connectivity index (χ4v) is 4.02. The number of hydrogen-bond acceptors (Lipinski definition) is 4. The van der Waals surface area contributed by atoms with E-state index in [1.165, 1.54) is 0 Å². The number of amides is 1. The molecule has 1 heterocycles. The number of carbonyl (C=O) groups is 1. The van der Waals surface area contributed by atoms with Gasteiger partial charge in [-0.15, -0.1) is 0 Å². The molecule has 2 rings (SSSR count). The van der Waals surface area contributed by atoms with E-state index in [1.807, 2.05) is 13.0 Å². The molecule has 20 heavy (non-hydrogen) atoms. The fraction of sp³-hybridized carbons (Fsp3) is 0.385. The highest BCUT2D eigenvalue weighted by atomic mass is 32.2. The quantitative estimate of drug-likeness (QED) is 0.790. The van der Waals surface area contributed by atoms with Gasteiger partial charge in [-0.05, 0) is 37.7 Å². The molecule has 1 saturated heterocycles. The van der Waals surface area contributed by atoms with Gasteiger partial charge in [-0.3, -0.25) is 10.1 Å². The number of aryl methyl sites for hydroxylation is 1. The summed E-state index contributed by atoms with van der Waals surface area (Å²) >= 11 is 5.04. The van der Waals surface area contributed by atoms with Crippen LogP contribution in [-0.4, -0.2) is 37.0 Å². The average molecular weight is 312 g/mol. The molecule has 1 aliphatic rings. The molecule has 5 nitrogen and oxygen atoms in total. The molecule has 1 atom stereocenters. The van der Waals surface area contributed by atoms with Crippen LogP contribution in [0.2, 0.25) is 0 Å². The summed E-state index contributed by atoms with van der Waals surface area (Å²) in [6.07, 6.45) is 0.517. The van der Waals surface area contributed by atoms with Crippen LogP contribution in [0.5, 0.6) is 0 Å². The number of benzene rings is 1. The molecule has 0 saturated carbocycles. The topological polar surface area (TPSA) is 75.3 Å². The fourth-order valence-electron chi connectivity index (χ4n) is 2.09. The number of thiocarbonyl (C=S) groups is 1. The van der Waals surface area contributed by atoms with Gasteiger partial charge in [-0.2, -0.15) is 0 Å². The average Bonchev–Trinajstić information content (AvgIpc) is 2.68. The lowest BCUT2D eigenvalue weighted by Crippen LogP contribution is -2.44. The normalized spacial score (nSPS) is 20.4. The summed E-state index contributed by atoms with van der Waals surface area (Å²) in [4.78, 5) is 12.0. The summed E-state index contributed by atoms with van der Waals surface area (Å²) in [5.74, 6) is -0.0703. The molecule has 0 radical (unpaired) electrons. The molecule has 0 aromatic heterocycles. The van der Waals surface area contributed by atoms with Gasteiger partial charge in [-0.25, -0.2) is 8.42 Å². The van der Waals surface area contributed by atoms with Crippen molar-refractivity contribution in [3.05, 3.63) is 35.4 Å². The van der Waals surface area contributed by atoms with Gasteiger partial charge in [0.2, 0.25) is 0 Å². The highest BCUT2D eigenvalue weighted by Crippen LogP contribution is 2.11. The molecule has 1 unspecified atom stereocenters. The Balaban J connectivity index is 1.90. The predicted octanol–water partition coefficient (Wildman–Crippen LogP) is 0.786. The third kappa shape index (κ3) is 4.01. The van der Waals surface area contributed by atoms with Crippen LogP contribution in [-0.2, 0) is 9.84 Å². The number of carbonyl (C=O) groups excluding carboxylic acids is 1. The van der Waals surface area contributed by atoms with Crippen molar-refractivity contribution in [2.24, 2.45) is 0 Å². The molecule has 108 valence electrons. The van der Waals surface area contributed by atoms with E-state index in [9.17, 15) is 13.2 Å². The molecule has 7 heteroatoms. The molecular weight excluding hydrogens is 296 g/mol. The summed E-state index contributed by atoms with van der Waals surface area (Å²) in [6.45, 7) is 1.90. The zero-order chi connectivity index (χ0) is 14.8. The summed E-state index contributed by atoms with van der Waals surface area (Å²) < 4.78 is 22.7. The van der Waals surface area contributed by atoms with Gasteiger partial charge < -0.3 is 5.32 Å². The highest BCUT2D eigenvalue weighted by molar-refractivity contribution is 7.91. The Morgan fingerprint density at radius 1 is 1.40 bits per heavy atom. The monoisotopic (exact) mass is 312 g/mol. The van der Waals surface area contributed by atoms with E-state index in [4.69, 9.17) is 12.2 Å². The molecule has 1 aromatic carbocycles. The Hall–Kier alpha value is -1.47. The van der Waals surface area contributed by atoms with E-state index in [2.05, 4.69) is 10.6 Å². The third-order valence-electron chi connectivity index (χ3n) is 3.07. The summed E-state index contributed by atoms with van der Waals surface area (Å²) in [5, 5.41) is 5.60. The first-order valence-corrected chi connectivity index (χ1v) is 8.48. The molecule has 1 fully saturated rings. The van der Waals surface area contributed by atoms with Crippen molar-refractivity contribution >= 4 is 33.1 Å². The number of nitrogens with one attached hydrogen (secondary N) is 2. The zero-order valence-corrected chi connectivity index (χ0v) is 12.7. The minimum atomic E-state index is -2.96. The molecule has 0 aliphatic carbocycles. The van der Waals surface area contributed by atoms with Gasteiger partial charge in [0, 0.05) is 11.6 Å². The Kier molecular flexibility index (Phi) is 4.39. The van der Waals surface area contributed by atoms with E-state index < -0.39 is 9.84 Å². The van der Waals surface area contributed by atoms with E-state index >= 15 is 0 Å². The molecule has 0 bridgehead atoms.